The Morgan fingerprint density at radius 3 is 2.79 bits per heavy atom. The third-order valence-corrected chi connectivity index (χ3v) is 7.96. The molecule has 3 aromatic heterocycles. The zero-order chi connectivity index (χ0) is 33.3. The maximum Gasteiger partial charge on any atom is 0.355 e. The van der Waals surface area contributed by atoms with Gasteiger partial charge in [0.05, 0.1) is 33.0 Å². The molecule has 1 fully saturated rings. The number of fused-ring (bicyclic) bond motifs is 1. The summed E-state index contributed by atoms with van der Waals surface area (Å²) in [4.78, 5) is 44.7. The molecule has 0 spiro atoms. The number of anilines is 1. The second kappa shape index (κ2) is 11.9. The molecular formula is C33H35ClN6O2. The maximum atomic E-state index is 14.2. The number of carbonyl (C=O) groups is 1. The van der Waals surface area contributed by atoms with Crippen LogP contribution in [0.3, 0.4) is 0 Å². The third kappa shape index (κ3) is 5.11. The highest BCUT2D eigenvalue weighted by molar-refractivity contribution is 6.34. The Hall–Kier alpha value is -4.30. The molecule has 0 N–H and O–H groups in total. The first kappa shape index (κ1) is 24.3. The number of piperazine rings is 1. The van der Waals surface area contributed by atoms with Gasteiger partial charge in [-0.25, -0.2) is 14.3 Å². The largest absolute Gasteiger partial charge is 0.355 e. The lowest BCUT2D eigenvalue weighted by atomic mass is 10.0. The van der Waals surface area contributed by atoms with E-state index in [-0.39, 0.29) is 31.6 Å². The summed E-state index contributed by atoms with van der Waals surface area (Å²) in [6.45, 7) is 9.17. The first-order valence-electron chi connectivity index (χ1n) is 16.0. The van der Waals surface area contributed by atoms with Crippen LogP contribution in [0, 0.1) is 0 Å². The Bertz CT molecular complexity index is 1940. The molecule has 0 radical (unpaired) electrons. The van der Waals surface area contributed by atoms with Gasteiger partial charge in [0.2, 0.25) is 5.91 Å². The molecule has 9 heteroatoms. The van der Waals surface area contributed by atoms with Crippen LogP contribution in [-0.2, 0) is 11.2 Å². The lowest BCUT2D eigenvalue weighted by Gasteiger charge is -2.40. The highest BCUT2D eigenvalue weighted by Crippen LogP contribution is 2.36. The lowest BCUT2D eigenvalue weighted by molar-refractivity contribution is -0.126. The van der Waals surface area contributed by atoms with Crippen molar-refractivity contribution >= 4 is 40.4 Å². The van der Waals surface area contributed by atoms with Gasteiger partial charge in [-0.3, -0.25) is 9.78 Å². The zero-order valence-corrected chi connectivity index (χ0v) is 24.8. The first-order chi connectivity index (χ1) is 22.0. The van der Waals surface area contributed by atoms with Crippen molar-refractivity contribution in [2.75, 3.05) is 24.5 Å². The van der Waals surface area contributed by atoms with Crippen LogP contribution in [0.25, 0.3) is 34.1 Å². The summed E-state index contributed by atoms with van der Waals surface area (Å²) >= 11 is 6.97. The van der Waals surface area contributed by atoms with Gasteiger partial charge in [-0.15, -0.1) is 0 Å². The minimum absolute atomic E-state index is 0.0152. The molecule has 42 heavy (non-hydrogen) atoms. The molecule has 1 aliphatic rings. The fourth-order valence-corrected chi connectivity index (χ4v) is 5.83. The standard InChI is InChI=1S/C33H35ClN6O2/c1-7-22-12-10-11-13-24(22)29-26(34)18-25-31(39-17-16-38(19-21(39)6)27(41)9-3)37-33(42)40(32(25)36-29)30-23(8-2)14-15-35-28(30)20(4)5/h7,9-15,18,20-21H,1,3,8,16-17,19H2,2,4-6H3/t21-/m0/s1/i1D2,3D,9D. The zero-order valence-electron chi connectivity index (χ0n) is 28.1. The van der Waals surface area contributed by atoms with Crippen molar-refractivity contribution in [1.29, 1.82) is 0 Å². The summed E-state index contributed by atoms with van der Waals surface area (Å²) in [6, 6.07) is 10.2. The van der Waals surface area contributed by atoms with Crippen molar-refractivity contribution in [1.82, 2.24) is 24.4 Å². The van der Waals surface area contributed by atoms with E-state index in [4.69, 9.17) is 22.1 Å². The number of hydrogen-bond acceptors (Lipinski definition) is 6. The van der Waals surface area contributed by atoms with Crippen LogP contribution in [0.15, 0.2) is 66.5 Å². The average Bonchev–Trinajstić information content (AvgIpc) is 3.03. The van der Waals surface area contributed by atoms with Gasteiger partial charge in [0.15, 0.2) is 5.65 Å². The molecule has 1 aliphatic heterocycles. The summed E-state index contributed by atoms with van der Waals surface area (Å²) in [5.41, 5.74) is 3.60. The number of aryl methyl sites for hydroxylation is 1. The van der Waals surface area contributed by atoms with E-state index < -0.39 is 17.6 Å². The smallest absolute Gasteiger partial charge is 0.350 e. The number of aromatic nitrogens is 4. The lowest BCUT2D eigenvalue weighted by Crippen LogP contribution is -2.54. The Morgan fingerprint density at radius 2 is 2.07 bits per heavy atom. The number of pyridine rings is 2. The van der Waals surface area contributed by atoms with Gasteiger partial charge in [0.1, 0.15) is 5.82 Å². The quantitative estimate of drug-likeness (QED) is 0.245. The van der Waals surface area contributed by atoms with Crippen LogP contribution in [0.5, 0.6) is 0 Å². The van der Waals surface area contributed by atoms with Crippen LogP contribution in [0.4, 0.5) is 5.82 Å². The molecule has 4 heterocycles. The van der Waals surface area contributed by atoms with Crippen molar-refractivity contribution in [2.24, 2.45) is 0 Å². The van der Waals surface area contributed by atoms with Crippen molar-refractivity contribution in [3.05, 3.63) is 94.1 Å². The number of halogens is 1. The first-order valence-corrected chi connectivity index (χ1v) is 14.3. The maximum absolute atomic E-state index is 14.2. The predicted molar refractivity (Wildman–Crippen MR) is 171 cm³/mol. The van der Waals surface area contributed by atoms with E-state index in [9.17, 15) is 9.59 Å². The van der Waals surface area contributed by atoms with E-state index in [0.29, 0.717) is 57.3 Å². The minimum Gasteiger partial charge on any atom is -0.350 e. The van der Waals surface area contributed by atoms with Gasteiger partial charge in [0, 0.05) is 37.4 Å². The average molecular weight is 587 g/mol. The predicted octanol–water partition coefficient (Wildman–Crippen LogP) is 6.05. The Balaban J connectivity index is 1.81. The van der Waals surface area contributed by atoms with Crippen molar-refractivity contribution in [3.63, 3.8) is 0 Å². The molecule has 1 atom stereocenters. The fraction of sp³-hybridized carbons (Fsp3) is 0.303. The molecule has 5 rings (SSSR count). The molecule has 0 unspecified atom stereocenters. The molecule has 0 saturated carbocycles. The second-order valence-corrected chi connectivity index (χ2v) is 11.0. The molecule has 0 aliphatic carbocycles. The van der Waals surface area contributed by atoms with Gasteiger partial charge in [-0.1, -0.05) is 75.8 Å². The number of carbonyl (C=O) groups excluding carboxylic acids is 1. The highest BCUT2D eigenvalue weighted by atomic mass is 35.5. The van der Waals surface area contributed by atoms with Crippen LogP contribution in [0.1, 0.15) is 55.9 Å². The van der Waals surface area contributed by atoms with Gasteiger partial charge in [0.25, 0.3) is 0 Å². The number of rotatable bonds is 7. The van der Waals surface area contributed by atoms with E-state index in [0.717, 1.165) is 17.8 Å². The molecule has 0 bridgehead atoms. The summed E-state index contributed by atoms with van der Waals surface area (Å²) in [7, 11) is 0. The normalized spacial score (nSPS) is 17.1. The summed E-state index contributed by atoms with van der Waals surface area (Å²) < 4.78 is 32.1. The van der Waals surface area contributed by atoms with Gasteiger partial charge >= 0.3 is 5.69 Å². The van der Waals surface area contributed by atoms with E-state index in [1.807, 2.05) is 50.8 Å². The Morgan fingerprint density at radius 1 is 1.26 bits per heavy atom. The number of hydrogen-bond donors (Lipinski definition) is 0. The van der Waals surface area contributed by atoms with Crippen LogP contribution >= 0.6 is 11.6 Å². The van der Waals surface area contributed by atoms with E-state index >= 15 is 0 Å². The number of amides is 1. The number of nitrogens with zero attached hydrogens (tertiary/aromatic N) is 6. The highest BCUT2D eigenvalue weighted by Gasteiger charge is 2.30. The van der Waals surface area contributed by atoms with Gasteiger partial charge < -0.3 is 9.80 Å². The topological polar surface area (TPSA) is 84.2 Å². The summed E-state index contributed by atoms with van der Waals surface area (Å²) in [5, 5.41) is 0.826. The Labute approximate surface area is 256 Å². The van der Waals surface area contributed by atoms with Gasteiger partial charge in [-0.05, 0) is 48.6 Å². The minimum atomic E-state index is -0.544. The van der Waals surface area contributed by atoms with E-state index in [1.165, 1.54) is 15.5 Å². The molecule has 1 aromatic carbocycles. The van der Waals surface area contributed by atoms with Crippen molar-refractivity contribution in [3.8, 4) is 16.9 Å². The molecule has 1 amide bonds. The monoisotopic (exact) mass is 586 g/mol. The SMILES string of the molecule is [2H]C=C([2H])C(=O)N1CCN(c2nc(=O)n(-c3c(CC)ccnc3C(C)C)c3nc(-c4ccccc4C=C([2H])[2H])c(Cl)cc23)[C@@H](C)C1. The number of benzene rings is 1. The Kier molecular flexibility index (Phi) is 6.89. The van der Waals surface area contributed by atoms with Gasteiger partial charge in [-0.2, -0.15) is 4.98 Å². The van der Waals surface area contributed by atoms with Crippen molar-refractivity contribution in [2.45, 2.75) is 46.1 Å². The molecule has 216 valence electrons. The second-order valence-electron chi connectivity index (χ2n) is 10.6. The molecule has 1 saturated heterocycles. The summed E-state index contributed by atoms with van der Waals surface area (Å²) in [5.74, 6) is -0.163. The summed E-state index contributed by atoms with van der Waals surface area (Å²) in [6.07, 6.45) is 3.79. The van der Waals surface area contributed by atoms with Crippen LogP contribution in [-0.4, -0.2) is 56.0 Å². The molecular weight excluding hydrogens is 548 g/mol. The van der Waals surface area contributed by atoms with E-state index in [2.05, 4.69) is 9.97 Å². The molecule has 4 aromatic rings. The van der Waals surface area contributed by atoms with Crippen LogP contribution < -0.4 is 10.6 Å². The fourth-order valence-electron chi connectivity index (χ4n) is 5.58. The molecule has 8 nitrogen and oxygen atoms in total. The third-order valence-electron chi connectivity index (χ3n) is 7.67. The van der Waals surface area contributed by atoms with Crippen LogP contribution in [0.2, 0.25) is 5.02 Å². The van der Waals surface area contributed by atoms with Crippen molar-refractivity contribution < 1.29 is 10.3 Å². The van der Waals surface area contributed by atoms with E-state index in [1.54, 1.807) is 24.4 Å².